The quantitative estimate of drug-likeness (QED) is 0.735. The number of hydrogen-bond acceptors (Lipinski definition) is 5. The Morgan fingerprint density at radius 3 is 2.62 bits per heavy atom. The Labute approximate surface area is 154 Å². The maximum absolute atomic E-state index is 13.1. The molecule has 0 radical (unpaired) electrons. The first kappa shape index (κ1) is 17.4. The van der Waals surface area contributed by atoms with Crippen LogP contribution in [0.25, 0.3) is 21.9 Å². The molecule has 26 heavy (non-hydrogen) atoms. The Kier molecular flexibility index (Phi) is 3.83. The molecule has 3 aromatic rings. The van der Waals surface area contributed by atoms with Crippen LogP contribution in [0, 0.1) is 0 Å². The second-order valence-electron chi connectivity index (χ2n) is 6.77. The van der Waals surface area contributed by atoms with Gasteiger partial charge in [0.2, 0.25) is 10.0 Å². The predicted molar refractivity (Wildman–Crippen MR) is 101 cm³/mol. The van der Waals surface area contributed by atoms with Crippen molar-refractivity contribution >= 4 is 49.7 Å². The van der Waals surface area contributed by atoms with E-state index in [4.69, 9.17) is 4.42 Å². The van der Waals surface area contributed by atoms with Crippen LogP contribution in [0.5, 0.6) is 0 Å². The summed E-state index contributed by atoms with van der Waals surface area (Å²) in [5.41, 5.74) is 1.14. The van der Waals surface area contributed by atoms with Gasteiger partial charge in [-0.15, -0.1) is 11.8 Å². The molecule has 0 aliphatic carbocycles. The molecule has 0 saturated carbocycles. The standard InChI is InChI=1S/C18H17NO5S2/c1-18(2)16(17(20)21)19(10-25-18)26(22,23)11-7-8-13-12-5-3-4-6-14(12)24-15(13)9-11/h3-9,16H,10H2,1-2H3,(H,20,21). The van der Waals surface area contributed by atoms with E-state index in [1.54, 1.807) is 19.9 Å². The highest BCUT2D eigenvalue weighted by atomic mass is 32.2. The number of benzene rings is 2. The first-order valence-electron chi connectivity index (χ1n) is 8.02. The number of thioether (sulfide) groups is 1. The molecule has 2 heterocycles. The number of sulfonamides is 1. The molecule has 1 unspecified atom stereocenters. The van der Waals surface area contributed by atoms with Gasteiger partial charge in [0, 0.05) is 21.6 Å². The summed E-state index contributed by atoms with van der Waals surface area (Å²) < 4.78 is 32.3. The lowest BCUT2D eigenvalue weighted by Crippen LogP contribution is -2.48. The molecule has 0 bridgehead atoms. The number of furan rings is 1. The number of carbonyl (C=O) groups is 1. The van der Waals surface area contributed by atoms with Gasteiger partial charge < -0.3 is 9.52 Å². The average molecular weight is 391 g/mol. The summed E-state index contributed by atoms with van der Waals surface area (Å²) in [6.07, 6.45) is 0. The third kappa shape index (κ3) is 2.52. The highest BCUT2D eigenvalue weighted by Gasteiger charge is 2.51. The maximum Gasteiger partial charge on any atom is 0.323 e. The van der Waals surface area contributed by atoms with Crippen LogP contribution in [0.4, 0.5) is 0 Å². The molecule has 1 aliphatic rings. The topological polar surface area (TPSA) is 87.8 Å². The minimum Gasteiger partial charge on any atom is -0.480 e. The highest BCUT2D eigenvalue weighted by molar-refractivity contribution is 8.02. The van der Waals surface area contributed by atoms with Crippen molar-refractivity contribution in [3.05, 3.63) is 42.5 Å². The Bertz CT molecular complexity index is 1130. The fourth-order valence-corrected chi connectivity index (χ4v) is 6.53. The number of rotatable bonds is 3. The second-order valence-corrected chi connectivity index (χ2v) is 10.3. The zero-order valence-electron chi connectivity index (χ0n) is 14.2. The zero-order chi connectivity index (χ0) is 18.7. The monoisotopic (exact) mass is 391 g/mol. The lowest BCUT2D eigenvalue weighted by molar-refractivity contribution is -0.141. The largest absolute Gasteiger partial charge is 0.480 e. The van der Waals surface area contributed by atoms with Crippen molar-refractivity contribution < 1.29 is 22.7 Å². The molecule has 0 amide bonds. The van der Waals surface area contributed by atoms with Crippen molar-refractivity contribution in [2.75, 3.05) is 5.88 Å². The van der Waals surface area contributed by atoms with E-state index in [1.807, 2.05) is 24.3 Å². The van der Waals surface area contributed by atoms with E-state index in [0.717, 1.165) is 15.1 Å². The molecule has 1 atom stereocenters. The van der Waals surface area contributed by atoms with E-state index in [1.165, 1.54) is 23.9 Å². The Hall–Kier alpha value is -2.03. The average Bonchev–Trinajstić information content (AvgIpc) is 3.11. The summed E-state index contributed by atoms with van der Waals surface area (Å²) in [6.45, 7) is 3.49. The number of carboxylic acid groups (broad SMARTS) is 1. The SMILES string of the molecule is CC1(C)SCN(S(=O)(=O)c2ccc3c(c2)oc2ccccc23)C1C(=O)O. The van der Waals surface area contributed by atoms with Crippen LogP contribution in [0.15, 0.2) is 51.8 Å². The van der Waals surface area contributed by atoms with E-state index < -0.39 is 26.8 Å². The van der Waals surface area contributed by atoms with Gasteiger partial charge in [0.25, 0.3) is 0 Å². The summed E-state index contributed by atoms with van der Waals surface area (Å²) in [5, 5.41) is 11.3. The van der Waals surface area contributed by atoms with Gasteiger partial charge in [0.15, 0.2) is 0 Å². The van der Waals surface area contributed by atoms with E-state index in [0.29, 0.717) is 11.2 Å². The lowest BCUT2D eigenvalue weighted by atomic mass is 10.0. The number of para-hydroxylation sites is 1. The maximum atomic E-state index is 13.1. The number of fused-ring (bicyclic) bond motifs is 3. The summed E-state index contributed by atoms with van der Waals surface area (Å²) >= 11 is 1.32. The van der Waals surface area contributed by atoms with E-state index in [9.17, 15) is 18.3 Å². The molecule has 8 heteroatoms. The van der Waals surface area contributed by atoms with Gasteiger partial charge in [-0.1, -0.05) is 18.2 Å². The van der Waals surface area contributed by atoms with Crippen molar-refractivity contribution in [1.29, 1.82) is 0 Å². The smallest absolute Gasteiger partial charge is 0.323 e. The van der Waals surface area contributed by atoms with Gasteiger partial charge in [-0.3, -0.25) is 4.79 Å². The van der Waals surface area contributed by atoms with Gasteiger partial charge in [0.1, 0.15) is 17.2 Å². The van der Waals surface area contributed by atoms with Gasteiger partial charge >= 0.3 is 5.97 Å². The van der Waals surface area contributed by atoms with Crippen LogP contribution >= 0.6 is 11.8 Å². The lowest BCUT2D eigenvalue weighted by Gasteiger charge is -2.27. The van der Waals surface area contributed by atoms with Crippen LogP contribution in [0.2, 0.25) is 0 Å². The molecule has 1 N–H and O–H groups in total. The molecule has 4 rings (SSSR count). The summed E-state index contributed by atoms with van der Waals surface area (Å²) in [4.78, 5) is 11.7. The third-order valence-corrected chi connectivity index (χ3v) is 8.05. The molecule has 1 fully saturated rings. The predicted octanol–water partition coefficient (Wildman–Crippen LogP) is 3.51. The fourth-order valence-electron chi connectivity index (χ4n) is 3.36. The fraction of sp³-hybridized carbons (Fsp3) is 0.278. The van der Waals surface area contributed by atoms with Gasteiger partial charge in [0.05, 0.1) is 10.8 Å². The summed E-state index contributed by atoms with van der Waals surface area (Å²) in [5.74, 6) is -1.04. The molecule has 6 nitrogen and oxygen atoms in total. The molecule has 1 aromatic heterocycles. The molecule has 2 aromatic carbocycles. The van der Waals surface area contributed by atoms with Gasteiger partial charge in [-0.2, -0.15) is 4.31 Å². The van der Waals surface area contributed by atoms with Crippen LogP contribution in [-0.2, 0) is 14.8 Å². The summed E-state index contributed by atoms with van der Waals surface area (Å²) in [6, 6.07) is 11.0. The van der Waals surface area contributed by atoms with Crippen LogP contribution in [0.3, 0.4) is 0 Å². The van der Waals surface area contributed by atoms with E-state index >= 15 is 0 Å². The molecule has 0 spiro atoms. The zero-order valence-corrected chi connectivity index (χ0v) is 15.8. The molecule has 1 saturated heterocycles. The van der Waals surface area contributed by atoms with Crippen molar-refractivity contribution in [2.24, 2.45) is 0 Å². The van der Waals surface area contributed by atoms with Crippen molar-refractivity contribution in [2.45, 2.75) is 29.5 Å². The number of nitrogens with zero attached hydrogens (tertiary/aromatic N) is 1. The number of aliphatic carboxylic acids is 1. The molecular formula is C18H17NO5S2. The third-order valence-electron chi connectivity index (χ3n) is 4.70. The summed E-state index contributed by atoms with van der Waals surface area (Å²) in [7, 11) is -3.96. The number of carboxylic acids is 1. The number of hydrogen-bond donors (Lipinski definition) is 1. The van der Waals surface area contributed by atoms with Gasteiger partial charge in [-0.25, -0.2) is 8.42 Å². The van der Waals surface area contributed by atoms with Gasteiger partial charge in [-0.05, 0) is 32.0 Å². The van der Waals surface area contributed by atoms with Crippen LogP contribution < -0.4 is 0 Å². The second kappa shape index (κ2) is 5.73. The highest BCUT2D eigenvalue weighted by Crippen LogP contribution is 2.42. The molecular weight excluding hydrogens is 374 g/mol. The van der Waals surface area contributed by atoms with Crippen molar-refractivity contribution in [3.63, 3.8) is 0 Å². The molecule has 1 aliphatic heterocycles. The molecule has 136 valence electrons. The van der Waals surface area contributed by atoms with E-state index in [2.05, 4.69) is 0 Å². The minimum absolute atomic E-state index is 0.0357. The minimum atomic E-state index is -3.96. The van der Waals surface area contributed by atoms with Crippen LogP contribution in [0.1, 0.15) is 13.8 Å². The Morgan fingerprint density at radius 1 is 1.19 bits per heavy atom. The van der Waals surface area contributed by atoms with E-state index in [-0.39, 0.29) is 10.8 Å². The Morgan fingerprint density at radius 2 is 1.88 bits per heavy atom. The normalized spacial score (nSPS) is 20.8. The van der Waals surface area contributed by atoms with Crippen LogP contribution in [-0.4, -0.2) is 40.5 Å². The van der Waals surface area contributed by atoms with Crippen molar-refractivity contribution in [3.8, 4) is 0 Å². The Balaban J connectivity index is 1.83. The first-order chi connectivity index (χ1) is 12.2. The first-order valence-corrected chi connectivity index (χ1v) is 10.4. The van der Waals surface area contributed by atoms with Crippen molar-refractivity contribution in [1.82, 2.24) is 4.31 Å².